The van der Waals surface area contributed by atoms with Crippen molar-refractivity contribution in [3.63, 3.8) is 0 Å². The number of hydrogen-bond donors (Lipinski definition) is 0. The average molecular weight is 357 g/mol. The Morgan fingerprint density at radius 3 is 2.23 bits per heavy atom. The Balaban J connectivity index is 2.63. The maximum atomic E-state index is 12.3. The highest BCUT2D eigenvalue weighted by molar-refractivity contribution is 5.74. The van der Waals surface area contributed by atoms with Crippen molar-refractivity contribution in [2.75, 3.05) is 19.0 Å². The summed E-state index contributed by atoms with van der Waals surface area (Å²) in [4.78, 5) is 16.3. The molecule has 0 radical (unpaired) electrons. The van der Waals surface area contributed by atoms with Crippen LogP contribution in [-0.2, 0) is 11.3 Å². The summed E-state index contributed by atoms with van der Waals surface area (Å²) in [5.74, 6) is 1.42. The average Bonchev–Trinajstić information content (AvgIpc) is 2.99. The number of nitrogens with zero attached hydrogens (tertiary/aromatic N) is 4. The SMILES string of the molecule is CCC(C)N(Cc1c(C(C)C)nn(-c2ccccc2)c1N(C)C)C(C)=O. The molecule has 142 valence electrons. The highest BCUT2D eigenvalue weighted by Crippen LogP contribution is 2.32. The van der Waals surface area contributed by atoms with Gasteiger partial charge in [0, 0.05) is 32.6 Å². The fraction of sp³-hybridized carbons (Fsp3) is 0.524. The number of rotatable bonds is 7. The van der Waals surface area contributed by atoms with Crippen LogP contribution in [0.2, 0.25) is 0 Å². The molecule has 0 aliphatic rings. The van der Waals surface area contributed by atoms with E-state index in [-0.39, 0.29) is 17.9 Å². The number of benzene rings is 1. The van der Waals surface area contributed by atoms with E-state index in [1.165, 1.54) is 0 Å². The molecule has 0 aliphatic heterocycles. The summed E-state index contributed by atoms with van der Waals surface area (Å²) in [6.45, 7) is 10.8. The van der Waals surface area contributed by atoms with Crippen LogP contribution in [0.4, 0.5) is 5.82 Å². The third kappa shape index (κ3) is 4.09. The van der Waals surface area contributed by atoms with Gasteiger partial charge in [0.25, 0.3) is 0 Å². The summed E-state index contributed by atoms with van der Waals surface area (Å²) in [5.41, 5.74) is 3.21. The molecule has 5 nitrogen and oxygen atoms in total. The van der Waals surface area contributed by atoms with Gasteiger partial charge in [0.1, 0.15) is 5.82 Å². The van der Waals surface area contributed by atoms with Crippen molar-refractivity contribution in [2.24, 2.45) is 0 Å². The number of carbonyl (C=O) groups excluding carboxylic acids is 1. The van der Waals surface area contributed by atoms with Crippen molar-refractivity contribution >= 4 is 11.7 Å². The molecule has 0 N–H and O–H groups in total. The molecule has 2 rings (SSSR count). The summed E-state index contributed by atoms with van der Waals surface area (Å²) >= 11 is 0. The zero-order valence-corrected chi connectivity index (χ0v) is 17.2. The second-order valence-corrected chi connectivity index (χ2v) is 7.39. The summed E-state index contributed by atoms with van der Waals surface area (Å²) in [5, 5.41) is 4.94. The lowest BCUT2D eigenvalue weighted by atomic mass is 10.0. The number of para-hydroxylation sites is 1. The van der Waals surface area contributed by atoms with Crippen molar-refractivity contribution in [3.05, 3.63) is 41.6 Å². The number of amides is 1. The van der Waals surface area contributed by atoms with Gasteiger partial charge < -0.3 is 9.80 Å². The number of hydrogen-bond acceptors (Lipinski definition) is 3. The lowest BCUT2D eigenvalue weighted by molar-refractivity contribution is -0.131. The van der Waals surface area contributed by atoms with E-state index in [0.29, 0.717) is 6.54 Å². The molecule has 0 fully saturated rings. The van der Waals surface area contributed by atoms with E-state index in [4.69, 9.17) is 5.10 Å². The van der Waals surface area contributed by atoms with Gasteiger partial charge in [0.15, 0.2) is 0 Å². The molecular formula is C21H32N4O. The van der Waals surface area contributed by atoms with Crippen LogP contribution >= 0.6 is 0 Å². The zero-order valence-electron chi connectivity index (χ0n) is 17.2. The maximum Gasteiger partial charge on any atom is 0.219 e. The summed E-state index contributed by atoms with van der Waals surface area (Å²) < 4.78 is 2.00. The maximum absolute atomic E-state index is 12.3. The van der Waals surface area contributed by atoms with Crippen LogP contribution < -0.4 is 4.90 Å². The lowest BCUT2D eigenvalue weighted by Crippen LogP contribution is -2.36. The van der Waals surface area contributed by atoms with Crippen LogP contribution in [0.3, 0.4) is 0 Å². The molecule has 0 aliphatic carbocycles. The summed E-state index contributed by atoms with van der Waals surface area (Å²) in [7, 11) is 4.07. The molecule has 0 saturated heterocycles. The van der Waals surface area contributed by atoms with Crippen LogP contribution in [-0.4, -0.2) is 40.7 Å². The highest BCUT2D eigenvalue weighted by atomic mass is 16.2. The quantitative estimate of drug-likeness (QED) is 0.746. The first-order chi connectivity index (χ1) is 12.3. The molecule has 1 unspecified atom stereocenters. The Morgan fingerprint density at radius 1 is 1.15 bits per heavy atom. The molecule has 5 heteroatoms. The Hall–Kier alpha value is -2.30. The van der Waals surface area contributed by atoms with Gasteiger partial charge in [-0.1, -0.05) is 39.0 Å². The Morgan fingerprint density at radius 2 is 1.77 bits per heavy atom. The van der Waals surface area contributed by atoms with Crippen molar-refractivity contribution in [2.45, 2.75) is 59.5 Å². The number of carbonyl (C=O) groups is 1. The smallest absolute Gasteiger partial charge is 0.219 e. The molecule has 1 atom stereocenters. The third-order valence-electron chi connectivity index (χ3n) is 4.81. The topological polar surface area (TPSA) is 41.4 Å². The minimum Gasteiger partial charge on any atom is -0.362 e. The standard InChI is InChI=1S/C21H32N4O/c1-8-16(4)24(17(5)26)14-19-20(15(2)3)22-25(21(19)23(6)7)18-12-10-9-11-13-18/h9-13,15-16H,8,14H2,1-7H3. The van der Waals surface area contributed by atoms with Gasteiger partial charge in [-0.25, -0.2) is 4.68 Å². The molecule has 26 heavy (non-hydrogen) atoms. The normalized spacial score (nSPS) is 12.3. The largest absolute Gasteiger partial charge is 0.362 e. The molecule has 1 aromatic heterocycles. The fourth-order valence-corrected chi connectivity index (χ4v) is 3.25. The first kappa shape index (κ1) is 20.0. The molecule has 1 heterocycles. The van der Waals surface area contributed by atoms with Gasteiger partial charge in [-0.2, -0.15) is 5.10 Å². The molecule has 1 amide bonds. The minimum absolute atomic E-state index is 0.103. The van der Waals surface area contributed by atoms with E-state index in [1.807, 2.05) is 41.9 Å². The number of anilines is 1. The zero-order chi connectivity index (χ0) is 19.4. The Kier molecular flexibility index (Phi) is 6.46. The molecule has 1 aromatic carbocycles. The van der Waals surface area contributed by atoms with Crippen LogP contribution in [0, 0.1) is 0 Å². The summed E-state index contributed by atoms with van der Waals surface area (Å²) in [6.07, 6.45) is 0.931. The van der Waals surface area contributed by atoms with E-state index in [9.17, 15) is 4.79 Å². The molecular weight excluding hydrogens is 324 g/mol. The van der Waals surface area contributed by atoms with Crippen molar-refractivity contribution in [1.29, 1.82) is 0 Å². The Bertz CT molecular complexity index is 734. The van der Waals surface area contributed by atoms with Crippen LogP contribution in [0.15, 0.2) is 30.3 Å². The lowest BCUT2D eigenvalue weighted by Gasteiger charge is -2.29. The molecule has 2 aromatic rings. The van der Waals surface area contributed by atoms with Crippen LogP contribution in [0.25, 0.3) is 5.69 Å². The number of aromatic nitrogens is 2. The Labute approximate surface area is 157 Å². The highest BCUT2D eigenvalue weighted by Gasteiger charge is 2.26. The van der Waals surface area contributed by atoms with Gasteiger partial charge in [0.05, 0.1) is 17.9 Å². The third-order valence-corrected chi connectivity index (χ3v) is 4.81. The fourth-order valence-electron chi connectivity index (χ4n) is 3.25. The van der Waals surface area contributed by atoms with Gasteiger partial charge in [-0.3, -0.25) is 4.79 Å². The van der Waals surface area contributed by atoms with E-state index in [2.05, 4.69) is 44.7 Å². The van der Waals surface area contributed by atoms with Gasteiger partial charge in [-0.05, 0) is 31.4 Å². The molecule has 0 spiro atoms. The van der Waals surface area contributed by atoms with E-state index in [0.717, 1.165) is 29.2 Å². The predicted molar refractivity (Wildman–Crippen MR) is 108 cm³/mol. The van der Waals surface area contributed by atoms with Gasteiger partial charge >= 0.3 is 0 Å². The van der Waals surface area contributed by atoms with E-state index < -0.39 is 0 Å². The molecule has 0 bridgehead atoms. The monoisotopic (exact) mass is 356 g/mol. The van der Waals surface area contributed by atoms with Gasteiger partial charge in [-0.15, -0.1) is 0 Å². The van der Waals surface area contributed by atoms with Crippen LogP contribution in [0.5, 0.6) is 0 Å². The summed E-state index contributed by atoms with van der Waals surface area (Å²) in [6, 6.07) is 10.4. The van der Waals surface area contributed by atoms with Crippen molar-refractivity contribution < 1.29 is 4.79 Å². The van der Waals surface area contributed by atoms with Crippen molar-refractivity contribution in [1.82, 2.24) is 14.7 Å². The second-order valence-electron chi connectivity index (χ2n) is 7.39. The minimum atomic E-state index is 0.103. The molecule has 0 saturated carbocycles. The second kappa shape index (κ2) is 8.39. The van der Waals surface area contributed by atoms with Crippen LogP contribution in [0.1, 0.15) is 58.2 Å². The van der Waals surface area contributed by atoms with E-state index >= 15 is 0 Å². The first-order valence-electron chi connectivity index (χ1n) is 9.39. The van der Waals surface area contributed by atoms with Gasteiger partial charge in [0.2, 0.25) is 5.91 Å². The predicted octanol–water partition coefficient (Wildman–Crippen LogP) is 4.21. The first-order valence-corrected chi connectivity index (χ1v) is 9.39. The van der Waals surface area contributed by atoms with E-state index in [1.54, 1.807) is 6.92 Å². The van der Waals surface area contributed by atoms with Crippen molar-refractivity contribution in [3.8, 4) is 5.69 Å².